The van der Waals surface area contributed by atoms with Gasteiger partial charge in [0.05, 0.1) is 0 Å². The zero-order valence-electron chi connectivity index (χ0n) is 13.9. The first-order valence-electron chi connectivity index (χ1n) is 7.78. The SMILES string of the molecule is CN(C)Cc1c2ccccc2c(CN(C)C)c2ccccc12. The van der Waals surface area contributed by atoms with E-state index in [4.69, 9.17) is 0 Å². The maximum atomic E-state index is 2.26. The minimum absolute atomic E-state index is 0.962. The quantitative estimate of drug-likeness (QED) is 0.668. The third-order valence-electron chi connectivity index (χ3n) is 4.10. The number of rotatable bonds is 4. The first kappa shape index (κ1) is 15.0. The maximum absolute atomic E-state index is 2.26. The van der Waals surface area contributed by atoms with E-state index in [9.17, 15) is 0 Å². The highest BCUT2D eigenvalue weighted by atomic mass is 15.1. The summed E-state index contributed by atoms with van der Waals surface area (Å²) in [5, 5.41) is 5.52. The van der Waals surface area contributed by atoms with Crippen molar-refractivity contribution in [3.05, 3.63) is 59.7 Å². The van der Waals surface area contributed by atoms with Gasteiger partial charge < -0.3 is 9.80 Å². The first-order chi connectivity index (χ1) is 10.6. The van der Waals surface area contributed by atoms with E-state index < -0.39 is 0 Å². The lowest BCUT2D eigenvalue weighted by Crippen LogP contribution is -2.14. The van der Waals surface area contributed by atoms with Crippen LogP contribution in [-0.2, 0) is 13.1 Å². The van der Waals surface area contributed by atoms with Crippen molar-refractivity contribution < 1.29 is 0 Å². The summed E-state index contributed by atoms with van der Waals surface area (Å²) in [6, 6.07) is 17.6. The Hall–Kier alpha value is -1.90. The molecule has 0 radical (unpaired) electrons. The average Bonchev–Trinajstić information content (AvgIpc) is 2.50. The monoisotopic (exact) mass is 292 g/mol. The van der Waals surface area contributed by atoms with E-state index in [-0.39, 0.29) is 0 Å². The highest BCUT2D eigenvalue weighted by molar-refractivity contribution is 6.05. The van der Waals surface area contributed by atoms with Crippen molar-refractivity contribution in [3.63, 3.8) is 0 Å². The second-order valence-corrected chi connectivity index (χ2v) is 6.52. The number of benzene rings is 3. The summed E-state index contributed by atoms with van der Waals surface area (Å²) < 4.78 is 0. The summed E-state index contributed by atoms with van der Waals surface area (Å²) in [5.41, 5.74) is 2.86. The lowest BCUT2D eigenvalue weighted by atomic mass is 9.91. The smallest absolute Gasteiger partial charge is 0.0239 e. The van der Waals surface area contributed by atoms with Crippen LogP contribution in [0.4, 0.5) is 0 Å². The lowest BCUT2D eigenvalue weighted by molar-refractivity contribution is 0.403. The number of fused-ring (bicyclic) bond motifs is 2. The van der Waals surface area contributed by atoms with Crippen molar-refractivity contribution in [2.75, 3.05) is 28.2 Å². The second-order valence-electron chi connectivity index (χ2n) is 6.52. The van der Waals surface area contributed by atoms with Crippen LogP contribution >= 0.6 is 0 Å². The van der Waals surface area contributed by atoms with E-state index >= 15 is 0 Å². The van der Waals surface area contributed by atoms with Crippen molar-refractivity contribution in [1.82, 2.24) is 9.80 Å². The molecule has 0 atom stereocenters. The fraction of sp³-hybridized carbons (Fsp3) is 0.300. The van der Waals surface area contributed by atoms with Crippen LogP contribution in [0, 0.1) is 0 Å². The minimum Gasteiger partial charge on any atom is -0.305 e. The molecule has 0 unspecified atom stereocenters. The predicted octanol–water partition coefficient (Wildman–Crippen LogP) is 4.12. The largest absolute Gasteiger partial charge is 0.305 e. The van der Waals surface area contributed by atoms with Crippen molar-refractivity contribution in [2.24, 2.45) is 0 Å². The Morgan fingerprint density at radius 1 is 0.545 bits per heavy atom. The lowest BCUT2D eigenvalue weighted by Gasteiger charge is -2.21. The molecule has 114 valence electrons. The van der Waals surface area contributed by atoms with Gasteiger partial charge >= 0.3 is 0 Å². The molecular formula is C20H24N2. The van der Waals surface area contributed by atoms with Gasteiger partial charge in [-0.2, -0.15) is 0 Å². The summed E-state index contributed by atoms with van der Waals surface area (Å²) in [7, 11) is 8.54. The van der Waals surface area contributed by atoms with E-state index in [0.717, 1.165) is 13.1 Å². The van der Waals surface area contributed by atoms with Crippen molar-refractivity contribution >= 4 is 21.5 Å². The molecule has 2 heteroatoms. The molecule has 0 saturated carbocycles. The van der Waals surface area contributed by atoms with E-state index in [0.29, 0.717) is 0 Å². The van der Waals surface area contributed by atoms with Gasteiger partial charge in [-0.3, -0.25) is 0 Å². The molecule has 0 heterocycles. The molecular weight excluding hydrogens is 268 g/mol. The summed E-state index contributed by atoms with van der Waals surface area (Å²) >= 11 is 0. The van der Waals surface area contributed by atoms with Crippen LogP contribution in [-0.4, -0.2) is 38.0 Å². The van der Waals surface area contributed by atoms with Crippen LogP contribution in [0.25, 0.3) is 21.5 Å². The maximum Gasteiger partial charge on any atom is 0.0239 e. The molecule has 0 bridgehead atoms. The van der Waals surface area contributed by atoms with E-state index in [1.807, 2.05) is 0 Å². The van der Waals surface area contributed by atoms with Crippen LogP contribution < -0.4 is 0 Å². The Labute approximate surface area is 133 Å². The molecule has 3 aromatic rings. The topological polar surface area (TPSA) is 6.48 Å². The molecule has 0 aliphatic carbocycles. The fourth-order valence-electron chi connectivity index (χ4n) is 3.28. The molecule has 22 heavy (non-hydrogen) atoms. The minimum atomic E-state index is 0.962. The molecule has 0 amide bonds. The average molecular weight is 292 g/mol. The Morgan fingerprint density at radius 2 is 0.818 bits per heavy atom. The molecule has 0 spiro atoms. The number of nitrogens with zero attached hydrogens (tertiary/aromatic N) is 2. The van der Waals surface area contributed by atoms with Crippen molar-refractivity contribution in [3.8, 4) is 0 Å². The predicted molar refractivity (Wildman–Crippen MR) is 96.2 cm³/mol. The fourth-order valence-corrected chi connectivity index (χ4v) is 3.28. The summed E-state index contributed by atoms with van der Waals surface area (Å²) in [6.07, 6.45) is 0. The molecule has 0 N–H and O–H groups in total. The zero-order chi connectivity index (χ0) is 15.7. The molecule has 3 aromatic carbocycles. The van der Waals surface area contributed by atoms with Crippen LogP contribution in [0.1, 0.15) is 11.1 Å². The Kier molecular flexibility index (Phi) is 4.14. The van der Waals surface area contributed by atoms with E-state index in [2.05, 4.69) is 86.5 Å². The number of hydrogen-bond acceptors (Lipinski definition) is 2. The molecule has 0 aliphatic rings. The summed E-state index contributed by atoms with van der Waals surface area (Å²) in [6.45, 7) is 1.92. The van der Waals surface area contributed by atoms with Gasteiger partial charge in [-0.05, 0) is 60.9 Å². The van der Waals surface area contributed by atoms with Crippen molar-refractivity contribution in [2.45, 2.75) is 13.1 Å². The van der Waals surface area contributed by atoms with Crippen LogP contribution in [0.3, 0.4) is 0 Å². The van der Waals surface area contributed by atoms with Gasteiger partial charge in [-0.25, -0.2) is 0 Å². The summed E-state index contributed by atoms with van der Waals surface area (Å²) in [5.74, 6) is 0. The third-order valence-corrected chi connectivity index (χ3v) is 4.10. The van der Waals surface area contributed by atoms with E-state index in [1.54, 1.807) is 0 Å². The van der Waals surface area contributed by atoms with Crippen LogP contribution in [0.15, 0.2) is 48.5 Å². The first-order valence-corrected chi connectivity index (χ1v) is 7.78. The Morgan fingerprint density at radius 3 is 1.05 bits per heavy atom. The molecule has 0 aliphatic heterocycles. The van der Waals surface area contributed by atoms with Gasteiger partial charge in [0.15, 0.2) is 0 Å². The zero-order valence-corrected chi connectivity index (χ0v) is 13.9. The van der Waals surface area contributed by atoms with Gasteiger partial charge in [0.1, 0.15) is 0 Å². The summed E-state index contributed by atoms with van der Waals surface area (Å²) in [4.78, 5) is 4.50. The van der Waals surface area contributed by atoms with E-state index in [1.165, 1.54) is 32.7 Å². The molecule has 0 fully saturated rings. The molecule has 0 aromatic heterocycles. The highest BCUT2D eigenvalue weighted by Gasteiger charge is 2.14. The third kappa shape index (κ3) is 2.72. The highest BCUT2D eigenvalue weighted by Crippen LogP contribution is 2.34. The van der Waals surface area contributed by atoms with Crippen LogP contribution in [0.2, 0.25) is 0 Å². The van der Waals surface area contributed by atoms with Crippen molar-refractivity contribution in [1.29, 1.82) is 0 Å². The second kappa shape index (κ2) is 6.07. The van der Waals surface area contributed by atoms with Gasteiger partial charge in [0, 0.05) is 13.1 Å². The van der Waals surface area contributed by atoms with Gasteiger partial charge in [-0.15, -0.1) is 0 Å². The molecule has 3 rings (SSSR count). The van der Waals surface area contributed by atoms with Gasteiger partial charge in [0.25, 0.3) is 0 Å². The Bertz CT molecular complexity index is 678. The van der Waals surface area contributed by atoms with Gasteiger partial charge in [0.2, 0.25) is 0 Å². The number of hydrogen-bond donors (Lipinski definition) is 0. The molecule has 2 nitrogen and oxygen atoms in total. The van der Waals surface area contributed by atoms with Crippen LogP contribution in [0.5, 0.6) is 0 Å². The Balaban J connectivity index is 2.42. The van der Waals surface area contributed by atoms with Gasteiger partial charge in [-0.1, -0.05) is 48.5 Å². The molecule has 0 saturated heterocycles. The normalized spacial score (nSPS) is 11.9. The standard InChI is InChI=1S/C20H24N2/c1-21(2)13-19-15-9-5-7-11-17(15)20(14-22(3)4)18-12-8-6-10-16(18)19/h5-12H,13-14H2,1-4H3.